The Balaban J connectivity index is 3.45. The van der Waals surface area contributed by atoms with E-state index in [9.17, 15) is 0 Å². The van der Waals surface area contributed by atoms with Gasteiger partial charge in [-0.2, -0.15) is 0 Å². The Labute approximate surface area is 43.2 Å². The molecule has 0 aliphatic rings. The third-order valence-electron chi connectivity index (χ3n) is 0.455. The van der Waals surface area contributed by atoms with Gasteiger partial charge in [0.2, 0.25) is 0 Å². The number of nitrogens with two attached hydrogens (primary N) is 3. The Morgan fingerprint density at radius 1 is 1.57 bits per heavy atom. The second-order valence-corrected chi connectivity index (χ2v) is 1.53. The minimum Gasteiger partial charge on any atom is -0.386 e. The Morgan fingerprint density at radius 3 is 2.00 bits per heavy atom. The molecule has 1 atom stereocenters. The summed E-state index contributed by atoms with van der Waals surface area (Å²) >= 11 is 0. The monoisotopic (exact) mass is 101 g/mol. The molecule has 0 saturated heterocycles. The van der Waals surface area contributed by atoms with Gasteiger partial charge in [-0.3, -0.25) is 0 Å². The molecule has 3 nitrogen and oxygen atoms in total. The first-order chi connectivity index (χ1) is 3.13. The molecule has 3 heteroatoms. The van der Waals surface area contributed by atoms with Crippen molar-refractivity contribution in [3.63, 3.8) is 0 Å². The molecule has 6 N–H and O–H groups in total. The van der Waals surface area contributed by atoms with Gasteiger partial charge in [0.1, 0.15) is 0 Å². The van der Waals surface area contributed by atoms with Crippen LogP contribution in [0.2, 0.25) is 0 Å². The largest absolute Gasteiger partial charge is 0.386 e. The minimum absolute atomic E-state index is 0.0370. The van der Waals surface area contributed by atoms with E-state index in [1.54, 1.807) is 13.0 Å². The van der Waals surface area contributed by atoms with E-state index < -0.39 is 0 Å². The molecule has 0 aromatic heterocycles. The molecule has 0 fully saturated rings. The predicted molar refractivity (Wildman–Crippen MR) is 30.1 cm³/mol. The van der Waals surface area contributed by atoms with Crippen molar-refractivity contribution in [2.45, 2.75) is 13.0 Å². The van der Waals surface area contributed by atoms with Crippen LogP contribution in [0.25, 0.3) is 0 Å². The van der Waals surface area contributed by atoms with Crippen molar-refractivity contribution in [1.82, 2.24) is 0 Å². The highest BCUT2D eigenvalue weighted by Gasteiger charge is 1.83. The van der Waals surface area contributed by atoms with E-state index in [1.165, 1.54) is 0 Å². The first-order valence-corrected chi connectivity index (χ1v) is 2.11. The van der Waals surface area contributed by atoms with Crippen molar-refractivity contribution in [2.24, 2.45) is 17.2 Å². The Hall–Kier alpha value is -0.700. The third kappa shape index (κ3) is 5.30. The van der Waals surface area contributed by atoms with Crippen LogP contribution < -0.4 is 17.2 Å². The summed E-state index contributed by atoms with van der Waals surface area (Å²) in [6.45, 7) is 1.81. The summed E-state index contributed by atoms with van der Waals surface area (Å²) in [5.41, 5.74) is 15.4. The van der Waals surface area contributed by atoms with Crippen LogP contribution in [0.5, 0.6) is 0 Å². The molecule has 0 amide bonds. The van der Waals surface area contributed by atoms with E-state index in [2.05, 4.69) is 0 Å². The highest BCUT2D eigenvalue weighted by molar-refractivity contribution is 4.95. The molecule has 0 bridgehead atoms. The zero-order chi connectivity index (χ0) is 5.86. The van der Waals surface area contributed by atoms with Crippen LogP contribution in [-0.2, 0) is 0 Å². The molecule has 0 radical (unpaired) electrons. The molecular weight excluding hydrogens is 90.1 g/mol. The molecule has 0 saturated carbocycles. The fourth-order valence-corrected chi connectivity index (χ4v) is 0.304. The second kappa shape index (κ2) is 2.47. The van der Waals surface area contributed by atoms with Crippen LogP contribution in [0.3, 0.4) is 0 Å². The fourth-order valence-electron chi connectivity index (χ4n) is 0.304. The molecule has 7 heavy (non-hydrogen) atoms. The molecule has 0 rings (SSSR count). The number of hydrogen-bond donors (Lipinski definition) is 3. The molecule has 0 aliphatic carbocycles. The van der Waals surface area contributed by atoms with Crippen LogP contribution in [-0.4, -0.2) is 6.04 Å². The smallest absolute Gasteiger partial charge is 0.0908 e. The lowest BCUT2D eigenvalue weighted by atomic mass is 10.3. The number of rotatable bonds is 1. The van der Waals surface area contributed by atoms with Crippen molar-refractivity contribution in [3.8, 4) is 0 Å². The van der Waals surface area contributed by atoms with Crippen LogP contribution in [0.15, 0.2) is 11.9 Å². The summed E-state index contributed by atoms with van der Waals surface area (Å²) in [6, 6.07) is -0.0370. The quantitative estimate of drug-likeness (QED) is 0.400. The van der Waals surface area contributed by atoms with E-state index in [1.807, 2.05) is 0 Å². The maximum atomic E-state index is 5.26. The SMILES string of the molecule is CC(N)C=C(N)N. The second-order valence-electron chi connectivity index (χ2n) is 1.53. The topological polar surface area (TPSA) is 78.1 Å². The molecule has 42 valence electrons. The average Bonchev–Trinajstić information content (AvgIpc) is 1.27. The van der Waals surface area contributed by atoms with Crippen LogP contribution in [0.4, 0.5) is 0 Å². The summed E-state index contributed by atoms with van der Waals surface area (Å²) in [5.74, 6) is 0.287. The summed E-state index contributed by atoms with van der Waals surface area (Å²) in [6.07, 6.45) is 1.58. The van der Waals surface area contributed by atoms with Crippen molar-refractivity contribution in [1.29, 1.82) is 0 Å². The van der Waals surface area contributed by atoms with Gasteiger partial charge in [0, 0.05) is 6.04 Å². The molecule has 0 aliphatic heterocycles. The van der Waals surface area contributed by atoms with E-state index in [0.29, 0.717) is 0 Å². The van der Waals surface area contributed by atoms with Crippen molar-refractivity contribution in [2.75, 3.05) is 0 Å². The molecule has 0 aromatic carbocycles. The van der Waals surface area contributed by atoms with Crippen LogP contribution >= 0.6 is 0 Å². The summed E-state index contributed by atoms with van der Waals surface area (Å²) < 4.78 is 0. The maximum Gasteiger partial charge on any atom is 0.0908 e. The minimum atomic E-state index is -0.0370. The Bertz CT molecular complexity index is 71.0. The number of hydrogen-bond acceptors (Lipinski definition) is 3. The lowest BCUT2D eigenvalue weighted by Crippen LogP contribution is -2.17. The van der Waals surface area contributed by atoms with E-state index in [4.69, 9.17) is 17.2 Å². The Kier molecular flexibility index (Phi) is 2.22. The highest BCUT2D eigenvalue weighted by atomic mass is 14.8. The standard InChI is InChI=1S/C4H11N3/c1-3(5)2-4(6)7/h2-3H,5-7H2,1H3. The third-order valence-corrected chi connectivity index (χ3v) is 0.455. The van der Waals surface area contributed by atoms with Gasteiger partial charge in [-0.15, -0.1) is 0 Å². The zero-order valence-corrected chi connectivity index (χ0v) is 4.39. The summed E-state index contributed by atoms with van der Waals surface area (Å²) in [7, 11) is 0. The zero-order valence-electron chi connectivity index (χ0n) is 4.39. The van der Waals surface area contributed by atoms with Gasteiger partial charge in [0.05, 0.1) is 5.82 Å². The molecule has 1 unspecified atom stereocenters. The van der Waals surface area contributed by atoms with E-state index in [0.717, 1.165) is 0 Å². The van der Waals surface area contributed by atoms with Crippen molar-refractivity contribution < 1.29 is 0 Å². The maximum absolute atomic E-state index is 5.26. The lowest BCUT2D eigenvalue weighted by Gasteiger charge is -1.94. The van der Waals surface area contributed by atoms with Gasteiger partial charge in [-0.25, -0.2) is 0 Å². The van der Waals surface area contributed by atoms with E-state index in [-0.39, 0.29) is 11.9 Å². The van der Waals surface area contributed by atoms with Gasteiger partial charge < -0.3 is 17.2 Å². The predicted octanol–water partition coefficient (Wildman–Crippen LogP) is -0.908. The first-order valence-electron chi connectivity index (χ1n) is 2.11. The van der Waals surface area contributed by atoms with Gasteiger partial charge in [0.25, 0.3) is 0 Å². The highest BCUT2D eigenvalue weighted by Crippen LogP contribution is 1.76. The molecule has 0 heterocycles. The average molecular weight is 101 g/mol. The summed E-state index contributed by atoms with van der Waals surface area (Å²) in [4.78, 5) is 0. The normalized spacial score (nSPS) is 12.9. The Morgan fingerprint density at radius 2 is 2.00 bits per heavy atom. The first kappa shape index (κ1) is 6.30. The molecular formula is C4H11N3. The molecule has 0 aromatic rings. The van der Waals surface area contributed by atoms with Crippen LogP contribution in [0, 0.1) is 0 Å². The van der Waals surface area contributed by atoms with Gasteiger partial charge >= 0.3 is 0 Å². The van der Waals surface area contributed by atoms with Gasteiger partial charge in [-0.05, 0) is 13.0 Å². The van der Waals surface area contributed by atoms with Crippen molar-refractivity contribution in [3.05, 3.63) is 11.9 Å². The van der Waals surface area contributed by atoms with E-state index >= 15 is 0 Å². The van der Waals surface area contributed by atoms with Crippen LogP contribution in [0.1, 0.15) is 6.92 Å². The summed E-state index contributed by atoms with van der Waals surface area (Å²) in [5, 5.41) is 0. The van der Waals surface area contributed by atoms with Crippen molar-refractivity contribution >= 4 is 0 Å². The fraction of sp³-hybridized carbons (Fsp3) is 0.500. The molecule has 0 spiro atoms. The lowest BCUT2D eigenvalue weighted by molar-refractivity contribution is 0.907. The van der Waals surface area contributed by atoms with Gasteiger partial charge in [0.15, 0.2) is 0 Å². The van der Waals surface area contributed by atoms with Gasteiger partial charge in [-0.1, -0.05) is 0 Å².